The number of aliphatic hydroxyl groups excluding tert-OH is 1. The standard InChI is InChI=1S/C20H19FN2O6S/c21-15-5-7-17(8-6-15)30(28,29)23(12-20(26)27)11-16(25)10-22-9-14(13-24)18-3-1-2-4-19(18)22/h1-9,13,16,25H,10-12H2,(H,26,27). The molecule has 0 fully saturated rings. The molecular weight excluding hydrogens is 415 g/mol. The molecule has 10 heteroatoms. The fraction of sp³-hybridized carbons (Fsp3) is 0.200. The van der Waals surface area contributed by atoms with Gasteiger partial charge in [0.05, 0.1) is 11.0 Å². The SMILES string of the molecule is O=Cc1cn(CC(O)CN(CC(=O)O)S(=O)(=O)c2ccc(F)cc2)c2ccccc12. The predicted molar refractivity (Wildman–Crippen MR) is 106 cm³/mol. The van der Waals surface area contributed by atoms with E-state index < -0.39 is 41.0 Å². The van der Waals surface area contributed by atoms with Crippen LogP contribution < -0.4 is 0 Å². The highest BCUT2D eigenvalue weighted by atomic mass is 32.2. The average Bonchev–Trinajstić information content (AvgIpc) is 3.05. The van der Waals surface area contributed by atoms with E-state index in [0.29, 0.717) is 27.1 Å². The van der Waals surface area contributed by atoms with Gasteiger partial charge < -0.3 is 14.8 Å². The quantitative estimate of drug-likeness (QED) is 0.496. The van der Waals surface area contributed by atoms with Crippen LogP contribution in [0.15, 0.2) is 59.6 Å². The van der Waals surface area contributed by atoms with Gasteiger partial charge in [0.15, 0.2) is 6.29 Å². The molecule has 1 heterocycles. The van der Waals surface area contributed by atoms with Gasteiger partial charge in [-0.15, -0.1) is 0 Å². The summed E-state index contributed by atoms with van der Waals surface area (Å²) in [5.74, 6) is -2.04. The van der Waals surface area contributed by atoms with E-state index in [2.05, 4.69) is 0 Å². The summed E-state index contributed by atoms with van der Waals surface area (Å²) in [6.07, 6.45) is 0.951. The van der Waals surface area contributed by atoms with Crippen molar-refractivity contribution in [3.8, 4) is 0 Å². The van der Waals surface area contributed by atoms with Gasteiger partial charge in [-0.25, -0.2) is 12.8 Å². The van der Waals surface area contributed by atoms with E-state index in [1.54, 1.807) is 28.8 Å². The number of benzene rings is 2. The second kappa shape index (κ2) is 8.74. The van der Waals surface area contributed by atoms with Crippen molar-refractivity contribution in [1.82, 2.24) is 8.87 Å². The number of carbonyl (C=O) groups excluding carboxylic acids is 1. The van der Waals surface area contributed by atoms with E-state index in [-0.39, 0.29) is 11.4 Å². The number of rotatable bonds is 9. The maximum absolute atomic E-state index is 13.1. The third kappa shape index (κ3) is 4.56. The lowest BCUT2D eigenvalue weighted by Crippen LogP contribution is -2.41. The molecule has 1 aromatic heterocycles. The number of aldehydes is 1. The summed E-state index contributed by atoms with van der Waals surface area (Å²) in [4.78, 5) is 22.2. The molecule has 0 amide bonds. The second-order valence-electron chi connectivity index (χ2n) is 6.67. The highest BCUT2D eigenvalue weighted by molar-refractivity contribution is 7.89. The van der Waals surface area contributed by atoms with Crippen LogP contribution in [0.3, 0.4) is 0 Å². The third-order valence-electron chi connectivity index (χ3n) is 4.53. The lowest BCUT2D eigenvalue weighted by Gasteiger charge is -2.23. The van der Waals surface area contributed by atoms with Crippen LogP contribution in [0.1, 0.15) is 10.4 Å². The van der Waals surface area contributed by atoms with Gasteiger partial charge >= 0.3 is 5.97 Å². The average molecular weight is 434 g/mol. The first-order valence-electron chi connectivity index (χ1n) is 8.91. The minimum absolute atomic E-state index is 0.0661. The predicted octanol–water partition coefficient (Wildman–Crippen LogP) is 1.73. The van der Waals surface area contributed by atoms with Crippen molar-refractivity contribution in [3.63, 3.8) is 0 Å². The lowest BCUT2D eigenvalue weighted by atomic mass is 10.2. The van der Waals surface area contributed by atoms with E-state index in [0.717, 1.165) is 24.3 Å². The molecule has 0 radical (unpaired) electrons. The Kier molecular flexibility index (Phi) is 6.30. The first-order chi connectivity index (χ1) is 14.2. The summed E-state index contributed by atoms with van der Waals surface area (Å²) in [6.45, 7) is -1.44. The summed E-state index contributed by atoms with van der Waals surface area (Å²) < 4.78 is 41.0. The number of aliphatic carboxylic acids is 1. The minimum atomic E-state index is -4.28. The van der Waals surface area contributed by atoms with Crippen molar-refractivity contribution < 1.29 is 32.6 Å². The zero-order valence-electron chi connectivity index (χ0n) is 15.7. The maximum atomic E-state index is 13.1. The van der Waals surface area contributed by atoms with Crippen molar-refractivity contribution in [1.29, 1.82) is 0 Å². The number of hydrogen-bond acceptors (Lipinski definition) is 5. The van der Waals surface area contributed by atoms with E-state index >= 15 is 0 Å². The van der Waals surface area contributed by atoms with Gasteiger partial charge in [0.1, 0.15) is 12.4 Å². The molecule has 3 aromatic rings. The number of fused-ring (bicyclic) bond motifs is 1. The molecule has 8 nitrogen and oxygen atoms in total. The van der Waals surface area contributed by atoms with E-state index in [9.17, 15) is 27.5 Å². The third-order valence-corrected chi connectivity index (χ3v) is 6.36. The van der Waals surface area contributed by atoms with Gasteiger partial charge in [0.2, 0.25) is 10.0 Å². The number of nitrogens with zero attached hydrogens (tertiary/aromatic N) is 2. The topological polar surface area (TPSA) is 117 Å². The Hall–Kier alpha value is -3.08. The van der Waals surface area contributed by atoms with Gasteiger partial charge in [-0.1, -0.05) is 18.2 Å². The number of sulfonamides is 1. The number of carboxylic acids is 1. The Labute approximate surface area is 171 Å². The molecule has 0 spiro atoms. The van der Waals surface area contributed by atoms with Crippen molar-refractivity contribution >= 4 is 33.2 Å². The molecule has 0 saturated carbocycles. The van der Waals surface area contributed by atoms with Crippen molar-refractivity contribution in [2.24, 2.45) is 0 Å². The van der Waals surface area contributed by atoms with Gasteiger partial charge in [0.25, 0.3) is 0 Å². The van der Waals surface area contributed by atoms with E-state index in [1.165, 1.54) is 6.20 Å². The van der Waals surface area contributed by atoms with Crippen LogP contribution >= 0.6 is 0 Å². The van der Waals surface area contributed by atoms with Crippen LogP contribution in [0.25, 0.3) is 10.9 Å². The molecule has 2 aromatic carbocycles. The Morgan fingerprint density at radius 3 is 2.47 bits per heavy atom. The summed E-state index contributed by atoms with van der Waals surface area (Å²) in [7, 11) is -4.28. The van der Waals surface area contributed by atoms with Gasteiger partial charge in [-0.3, -0.25) is 9.59 Å². The number of carbonyl (C=O) groups is 2. The first kappa shape index (κ1) is 21.6. The number of aromatic nitrogens is 1. The van der Waals surface area contributed by atoms with Gasteiger partial charge in [-0.2, -0.15) is 4.31 Å². The first-order valence-corrected chi connectivity index (χ1v) is 10.3. The van der Waals surface area contributed by atoms with E-state index in [4.69, 9.17) is 5.11 Å². The molecule has 3 rings (SSSR count). The van der Waals surface area contributed by atoms with Gasteiger partial charge in [0, 0.05) is 35.8 Å². The number of carboxylic acid groups (broad SMARTS) is 1. The molecule has 0 saturated heterocycles. The Bertz CT molecular complexity index is 1170. The number of para-hydroxylation sites is 1. The lowest BCUT2D eigenvalue weighted by molar-refractivity contribution is -0.137. The highest BCUT2D eigenvalue weighted by Crippen LogP contribution is 2.21. The Morgan fingerprint density at radius 2 is 1.83 bits per heavy atom. The smallest absolute Gasteiger partial charge is 0.318 e. The molecule has 158 valence electrons. The van der Waals surface area contributed by atoms with Crippen LogP contribution in [-0.4, -0.2) is 59.0 Å². The summed E-state index contributed by atoms with van der Waals surface area (Å²) in [5, 5.41) is 20.3. The second-order valence-corrected chi connectivity index (χ2v) is 8.61. The van der Waals surface area contributed by atoms with Crippen LogP contribution in [0.4, 0.5) is 4.39 Å². The number of halogens is 1. The van der Waals surface area contributed by atoms with E-state index in [1.807, 2.05) is 0 Å². The molecule has 0 bridgehead atoms. The molecule has 0 aliphatic heterocycles. The van der Waals surface area contributed by atoms with Crippen LogP contribution in [0, 0.1) is 5.82 Å². The fourth-order valence-electron chi connectivity index (χ4n) is 3.19. The highest BCUT2D eigenvalue weighted by Gasteiger charge is 2.29. The summed E-state index contributed by atoms with van der Waals surface area (Å²) in [5.41, 5.74) is 1.09. The summed E-state index contributed by atoms with van der Waals surface area (Å²) >= 11 is 0. The monoisotopic (exact) mass is 434 g/mol. The minimum Gasteiger partial charge on any atom is -0.480 e. The van der Waals surface area contributed by atoms with Crippen molar-refractivity contribution in [3.05, 3.63) is 66.1 Å². The van der Waals surface area contributed by atoms with Crippen LogP contribution in [0.5, 0.6) is 0 Å². The maximum Gasteiger partial charge on any atom is 0.318 e. The Morgan fingerprint density at radius 1 is 1.17 bits per heavy atom. The molecular formula is C20H19FN2O6S. The van der Waals surface area contributed by atoms with Crippen LogP contribution in [0.2, 0.25) is 0 Å². The molecule has 30 heavy (non-hydrogen) atoms. The Balaban J connectivity index is 1.86. The fourth-order valence-corrected chi connectivity index (χ4v) is 4.62. The summed E-state index contributed by atoms with van der Waals surface area (Å²) in [6, 6.07) is 11.0. The number of aliphatic hydroxyl groups is 1. The largest absolute Gasteiger partial charge is 0.480 e. The van der Waals surface area contributed by atoms with Crippen LogP contribution in [-0.2, 0) is 21.4 Å². The molecule has 0 aliphatic rings. The molecule has 1 unspecified atom stereocenters. The number of hydrogen-bond donors (Lipinski definition) is 2. The zero-order valence-corrected chi connectivity index (χ0v) is 16.5. The molecule has 2 N–H and O–H groups in total. The van der Waals surface area contributed by atoms with Crippen molar-refractivity contribution in [2.75, 3.05) is 13.1 Å². The zero-order chi connectivity index (χ0) is 21.9. The van der Waals surface area contributed by atoms with Gasteiger partial charge in [-0.05, 0) is 30.3 Å². The molecule has 0 aliphatic carbocycles. The molecule has 1 atom stereocenters. The van der Waals surface area contributed by atoms with Crippen molar-refractivity contribution in [2.45, 2.75) is 17.5 Å². The normalized spacial score (nSPS) is 12.9.